The summed E-state index contributed by atoms with van der Waals surface area (Å²) in [5.41, 5.74) is 3.79. The zero-order chi connectivity index (χ0) is 14.5. The van der Waals surface area contributed by atoms with E-state index >= 15 is 0 Å². The van der Waals surface area contributed by atoms with E-state index in [1.54, 1.807) is 12.5 Å². The lowest BCUT2D eigenvalue weighted by Crippen LogP contribution is -2.37. The third kappa shape index (κ3) is 3.57. The molecule has 0 spiro atoms. The minimum Gasteiger partial charge on any atom is -0.463 e. The molecule has 1 aliphatic rings. The predicted octanol–water partition coefficient (Wildman–Crippen LogP) is 1.66. The Morgan fingerprint density at radius 2 is 2.19 bits per heavy atom. The molecule has 1 N–H and O–H groups in total. The number of hydrogen-bond acceptors (Lipinski definition) is 7. The molecular weight excluding hydrogens is 270 g/mol. The average molecular weight is 287 g/mol. The van der Waals surface area contributed by atoms with Crippen LogP contribution in [0.25, 0.3) is 0 Å². The zero-order valence-corrected chi connectivity index (χ0v) is 11.8. The van der Waals surface area contributed by atoms with Gasteiger partial charge < -0.3 is 14.1 Å². The van der Waals surface area contributed by atoms with Crippen molar-refractivity contribution in [2.75, 3.05) is 36.6 Å². The Morgan fingerprint density at radius 3 is 2.95 bits per heavy atom. The summed E-state index contributed by atoms with van der Waals surface area (Å²) in [6.07, 6.45) is 3.21. The van der Waals surface area contributed by atoms with E-state index in [-0.39, 0.29) is 0 Å². The van der Waals surface area contributed by atoms with Crippen LogP contribution >= 0.6 is 0 Å². The summed E-state index contributed by atoms with van der Waals surface area (Å²) < 4.78 is 10.5. The molecule has 0 atom stereocenters. The normalized spacial score (nSPS) is 15.6. The van der Waals surface area contributed by atoms with Gasteiger partial charge in [0.2, 0.25) is 5.95 Å². The van der Waals surface area contributed by atoms with Crippen LogP contribution in [-0.2, 0) is 4.74 Å². The molecule has 0 amide bonds. The molecule has 1 fully saturated rings. The lowest BCUT2D eigenvalue weighted by molar-refractivity contribution is 0.122. The van der Waals surface area contributed by atoms with Crippen molar-refractivity contribution in [3.05, 3.63) is 35.9 Å². The van der Waals surface area contributed by atoms with Gasteiger partial charge in [-0.25, -0.2) is 4.98 Å². The van der Waals surface area contributed by atoms with Crippen LogP contribution in [0, 0.1) is 6.92 Å². The Kier molecular flexibility index (Phi) is 4.11. The second-order valence-corrected chi connectivity index (χ2v) is 4.68. The van der Waals surface area contributed by atoms with Crippen molar-refractivity contribution < 1.29 is 9.15 Å². The molecule has 3 heterocycles. The van der Waals surface area contributed by atoms with Crippen molar-refractivity contribution in [2.45, 2.75) is 6.92 Å². The SMILES string of the molecule is Cc1cc(NN=Cc2ccco2)nc(N2CCOCC2)n1. The molecule has 2 aromatic heterocycles. The van der Waals surface area contributed by atoms with Crippen molar-refractivity contribution in [1.82, 2.24) is 9.97 Å². The van der Waals surface area contributed by atoms with Crippen molar-refractivity contribution in [1.29, 1.82) is 0 Å². The third-order valence-electron chi connectivity index (χ3n) is 3.05. The van der Waals surface area contributed by atoms with E-state index in [1.165, 1.54) is 0 Å². The number of morpholine rings is 1. The highest BCUT2D eigenvalue weighted by Crippen LogP contribution is 2.15. The van der Waals surface area contributed by atoms with Crippen LogP contribution < -0.4 is 10.3 Å². The van der Waals surface area contributed by atoms with Crippen LogP contribution in [-0.4, -0.2) is 42.5 Å². The summed E-state index contributed by atoms with van der Waals surface area (Å²) in [4.78, 5) is 11.1. The van der Waals surface area contributed by atoms with Crippen LogP contribution in [0.1, 0.15) is 11.5 Å². The quantitative estimate of drug-likeness (QED) is 0.681. The number of nitrogens with one attached hydrogen (secondary N) is 1. The summed E-state index contributed by atoms with van der Waals surface area (Å²) in [6, 6.07) is 5.49. The molecule has 7 heteroatoms. The van der Waals surface area contributed by atoms with Gasteiger partial charge in [0.15, 0.2) is 5.82 Å². The van der Waals surface area contributed by atoms with Gasteiger partial charge in [-0.3, -0.25) is 5.43 Å². The molecule has 21 heavy (non-hydrogen) atoms. The number of furan rings is 1. The van der Waals surface area contributed by atoms with Gasteiger partial charge in [0.1, 0.15) is 5.76 Å². The number of hydrazone groups is 1. The fraction of sp³-hybridized carbons (Fsp3) is 0.357. The number of aryl methyl sites for hydroxylation is 1. The second kappa shape index (κ2) is 6.36. The first-order valence-corrected chi connectivity index (χ1v) is 6.82. The fourth-order valence-corrected chi connectivity index (χ4v) is 2.04. The maximum absolute atomic E-state index is 5.34. The van der Waals surface area contributed by atoms with Crippen LogP contribution in [0.5, 0.6) is 0 Å². The third-order valence-corrected chi connectivity index (χ3v) is 3.05. The minimum absolute atomic E-state index is 0.659. The van der Waals surface area contributed by atoms with E-state index in [9.17, 15) is 0 Å². The van der Waals surface area contributed by atoms with E-state index in [0.717, 1.165) is 18.8 Å². The highest BCUT2D eigenvalue weighted by atomic mass is 16.5. The van der Waals surface area contributed by atoms with Crippen molar-refractivity contribution in [3.63, 3.8) is 0 Å². The highest BCUT2D eigenvalue weighted by molar-refractivity contribution is 5.76. The Morgan fingerprint density at radius 1 is 1.33 bits per heavy atom. The second-order valence-electron chi connectivity index (χ2n) is 4.68. The molecule has 0 bridgehead atoms. The van der Waals surface area contributed by atoms with Crippen LogP contribution in [0.15, 0.2) is 34.0 Å². The molecule has 110 valence electrons. The van der Waals surface area contributed by atoms with Crippen LogP contribution in [0.4, 0.5) is 11.8 Å². The molecular formula is C14H17N5O2. The molecule has 0 aromatic carbocycles. The van der Waals surface area contributed by atoms with Crippen LogP contribution in [0.3, 0.4) is 0 Å². The van der Waals surface area contributed by atoms with Gasteiger partial charge >= 0.3 is 0 Å². The fourth-order valence-electron chi connectivity index (χ4n) is 2.04. The first-order valence-electron chi connectivity index (χ1n) is 6.82. The summed E-state index contributed by atoms with van der Waals surface area (Å²) in [5, 5.41) is 4.11. The molecule has 1 aliphatic heterocycles. The van der Waals surface area contributed by atoms with Gasteiger partial charge in [-0.1, -0.05) is 0 Å². The Hall–Kier alpha value is -2.41. The summed E-state index contributed by atoms with van der Waals surface area (Å²) >= 11 is 0. The molecule has 2 aromatic rings. The number of hydrogen-bond donors (Lipinski definition) is 1. The minimum atomic E-state index is 0.659. The van der Waals surface area contributed by atoms with E-state index in [1.807, 2.05) is 25.1 Å². The largest absolute Gasteiger partial charge is 0.463 e. The number of ether oxygens (including phenoxy) is 1. The number of rotatable bonds is 4. The van der Waals surface area contributed by atoms with E-state index in [4.69, 9.17) is 9.15 Å². The number of anilines is 2. The van der Waals surface area contributed by atoms with Gasteiger partial charge in [-0.15, -0.1) is 0 Å². The van der Waals surface area contributed by atoms with Crippen LogP contribution in [0.2, 0.25) is 0 Å². The van der Waals surface area contributed by atoms with Gasteiger partial charge in [-0.2, -0.15) is 10.1 Å². The first-order chi connectivity index (χ1) is 10.3. The Labute approximate surface area is 122 Å². The zero-order valence-electron chi connectivity index (χ0n) is 11.8. The van der Waals surface area contributed by atoms with E-state index in [2.05, 4.69) is 25.4 Å². The van der Waals surface area contributed by atoms with Gasteiger partial charge in [0.25, 0.3) is 0 Å². The standard InChI is InChI=1S/C14H17N5O2/c1-11-9-13(18-15-10-12-3-2-6-21-12)17-14(16-11)19-4-7-20-8-5-19/h2-3,6,9-10H,4-5,7-8H2,1H3,(H,16,17,18). The molecule has 0 unspecified atom stereocenters. The molecule has 0 saturated carbocycles. The summed E-state index contributed by atoms with van der Waals surface area (Å²) in [6.45, 7) is 4.96. The van der Waals surface area contributed by atoms with Crippen molar-refractivity contribution in [2.24, 2.45) is 5.10 Å². The summed E-state index contributed by atoms with van der Waals surface area (Å²) in [5.74, 6) is 2.04. The van der Waals surface area contributed by atoms with Crippen molar-refractivity contribution >= 4 is 18.0 Å². The van der Waals surface area contributed by atoms with Crippen molar-refractivity contribution in [3.8, 4) is 0 Å². The molecule has 0 radical (unpaired) electrons. The molecule has 1 saturated heterocycles. The summed E-state index contributed by atoms with van der Waals surface area (Å²) in [7, 11) is 0. The lowest BCUT2D eigenvalue weighted by Gasteiger charge is -2.27. The average Bonchev–Trinajstić information content (AvgIpc) is 3.01. The maximum atomic E-state index is 5.34. The van der Waals surface area contributed by atoms with Gasteiger partial charge in [-0.05, 0) is 19.1 Å². The van der Waals surface area contributed by atoms with Gasteiger partial charge in [0, 0.05) is 24.8 Å². The van der Waals surface area contributed by atoms with E-state index in [0.29, 0.717) is 30.7 Å². The maximum Gasteiger partial charge on any atom is 0.227 e. The Balaban J connectivity index is 1.71. The molecule has 0 aliphatic carbocycles. The molecule has 7 nitrogen and oxygen atoms in total. The number of aromatic nitrogens is 2. The molecule has 3 rings (SSSR count). The predicted molar refractivity (Wildman–Crippen MR) is 79.7 cm³/mol. The number of nitrogens with zero attached hydrogens (tertiary/aromatic N) is 4. The first kappa shape index (κ1) is 13.6. The lowest BCUT2D eigenvalue weighted by atomic mass is 10.4. The van der Waals surface area contributed by atoms with E-state index < -0.39 is 0 Å². The topological polar surface area (TPSA) is 75.8 Å². The highest BCUT2D eigenvalue weighted by Gasteiger charge is 2.14. The Bertz CT molecular complexity index is 606. The van der Waals surface area contributed by atoms with Gasteiger partial charge in [0.05, 0.1) is 25.7 Å². The smallest absolute Gasteiger partial charge is 0.227 e. The monoisotopic (exact) mass is 287 g/mol.